The summed E-state index contributed by atoms with van der Waals surface area (Å²) in [6, 6.07) is 5.60. The molecule has 0 amide bonds. The molecule has 18 heavy (non-hydrogen) atoms. The van der Waals surface area contributed by atoms with Gasteiger partial charge < -0.3 is 14.7 Å². The lowest BCUT2D eigenvalue weighted by atomic mass is 10.1. The van der Waals surface area contributed by atoms with Gasteiger partial charge in [-0.1, -0.05) is 23.7 Å². The Morgan fingerprint density at radius 1 is 1.56 bits per heavy atom. The zero-order valence-corrected chi connectivity index (χ0v) is 11.7. The van der Waals surface area contributed by atoms with Crippen molar-refractivity contribution < 1.29 is 9.84 Å². The first-order valence-electron chi connectivity index (χ1n) is 5.92. The van der Waals surface area contributed by atoms with E-state index < -0.39 is 6.10 Å². The molecule has 4 heteroatoms. The Bertz CT molecular complexity index is 393. The summed E-state index contributed by atoms with van der Waals surface area (Å²) in [5.41, 5.74) is 1.74. The number of hydrogen-bond donors (Lipinski definition) is 1. The van der Waals surface area contributed by atoms with Crippen LogP contribution < -0.4 is 4.90 Å². The summed E-state index contributed by atoms with van der Waals surface area (Å²) in [6.07, 6.45) is 1.32. The number of hydrogen-bond acceptors (Lipinski definition) is 3. The lowest BCUT2D eigenvalue weighted by Crippen LogP contribution is -2.27. The van der Waals surface area contributed by atoms with Crippen LogP contribution in [0.3, 0.4) is 0 Å². The van der Waals surface area contributed by atoms with Crippen molar-refractivity contribution in [3.8, 4) is 0 Å². The molecule has 0 bridgehead atoms. The molecular weight excluding hydrogens is 250 g/mol. The maximum Gasteiger partial charge on any atom is 0.0762 e. The lowest BCUT2D eigenvalue weighted by molar-refractivity contribution is 0.199. The van der Waals surface area contributed by atoms with E-state index in [4.69, 9.17) is 16.3 Å². The minimum absolute atomic E-state index is 0.511. The maximum atomic E-state index is 9.51. The molecule has 0 radical (unpaired) electrons. The van der Waals surface area contributed by atoms with Crippen LogP contribution in [-0.4, -0.2) is 31.9 Å². The second-order valence-corrected chi connectivity index (χ2v) is 4.52. The van der Waals surface area contributed by atoms with Gasteiger partial charge in [0.1, 0.15) is 0 Å². The number of aliphatic hydroxyl groups is 1. The average Bonchev–Trinajstić information content (AvgIpc) is 2.34. The summed E-state index contributed by atoms with van der Waals surface area (Å²) in [5.74, 6) is 0. The Morgan fingerprint density at radius 3 is 2.78 bits per heavy atom. The van der Waals surface area contributed by atoms with Gasteiger partial charge >= 0.3 is 0 Å². The predicted molar refractivity (Wildman–Crippen MR) is 76.4 cm³/mol. The predicted octanol–water partition coefficient (Wildman–Crippen LogP) is 3.03. The van der Waals surface area contributed by atoms with Crippen LogP contribution in [0.15, 0.2) is 30.9 Å². The minimum Gasteiger partial charge on any atom is -0.389 e. The van der Waals surface area contributed by atoms with Gasteiger partial charge in [-0.15, -0.1) is 6.58 Å². The van der Waals surface area contributed by atoms with Gasteiger partial charge in [-0.05, 0) is 24.6 Å². The van der Waals surface area contributed by atoms with Crippen molar-refractivity contribution in [1.29, 1.82) is 0 Å². The number of halogens is 1. The molecule has 3 nitrogen and oxygen atoms in total. The number of nitrogens with zero attached hydrogens (tertiary/aromatic N) is 1. The molecule has 0 aliphatic heterocycles. The fourth-order valence-electron chi connectivity index (χ4n) is 1.71. The molecule has 0 spiro atoms. The summed E-state index contributed by atoms with van der Waals surface area (Å²) in [4.78, 5) is 2.09. The van der Waals surface area contributed by atoms with Crippen molar-refractivity contribution in [3.05, 3.63) is 41.4 Å². The quantitative estimate of drug-likeness (QED) is 0.773. The molecular formula is C14H20ClNO2. The van der Waals surface area contributed by atoms with Crippen molar-refractivity contribution in [1.82, 2.24) is 0 Å². The van der Waals surface area contributed by atoms with Crippen LogP contribution in [-0.2, 0) is 4.74 Å². The second kappa shape index (κ2) is 7.41. The van der Waals surface area contributed by atoms with E-state index in [1.165, 1.54) is 0 Å². The number of rotatable bonds is 7. The highest BCUT2D eigenvalue weighted by Crippen LogP contribution is 2.28. The number of benzene rings is 1. The standard InChI is InChI=1S/C14H20ClNO2/c1-4-7-16(8-9-18-3)14-6-5-12(11(2)17)10-13(14)15/h4-6,10-11,17H,1,7-9H2,2-3H3. The van der Waals surface area contributed by atoms with Crippen LogP contribution in [0.25, 0.3) is 0 Å². The van der Waals surface area contributed by atoms with Gasteiger partial charge in [-0.25, -0.2) is 0 Å². The van der Waals surface area contributed by atoms with Gasteiger partial charge in [-0.2, -0.15) is 0 Å². The molecule has 0 aliphatic carbocycles. The van der Waals surface area contributed by atoms with Crippen molar-refractivity contribution in [2.45, 2.75) is 13.0 Å². The van der Waals surface area contributed by atoms with E-state index in [1.54, 1.807) is 20.1 Å². The Labute approximate surface area is 114 Å². The van der Waals surface area contributed by atoms with Crippen LogP contribution >= 0.6 is 11.6 Å². The molecule has 1 rings (SSSR count). The third-order valence-electron chi connectivity index (χ3n) is 2.71. The number of anilines is 1. The monoisotopic (exact) mass is 269 g/mol. The normalized spacial score (nSPS) is 12.2. The first-order valence-corrected chi connectivity index (χ1v) is 6.30. The topological polar surface area (TPSA) is 32.7 Å². The van der Waals surface area contributed by atoms with Gasteiger partial charge in [-0.3, -0.25) is 0 Å². The van der Waals surface area contributed by atoms with E-state index in [-0.39, 0.29) is 0 Å². The van der Waals surface area contributed by atoms with Crippen LogP contribution in [0.1, 0.15) is 18.6 Å². The SMILES string of the molecule is C=CCN(CCOC)c1ccc(C(C)O)cc1Cl. The Balaban J connectivity index is 2.93. The highest BCUT2D eigenvalue weighted by Gasteiger charge is 2.11. The van der Waals surface area contributed by atoms with Gasteiger partial charge in [0.25, 0.3) is 0 Å². The average molecular weight is 270 g/mol. The highest BCUT2D eigenvalue weighted by atomic mass is 35.5. The molecule has 0 saturated carbocycles. The number of aliphatic hydroxyl groups excluding tert-OH is 1. The van der Waals surface area contributed by atoms with Crippen LogP contribution in [0.2, 0.25) is 5.02 Å². The molecule has 0 aromatic heterocycles. The van der Waals surface area contributed by atoms with Crippen LogP contribution in [0.5, 0.6) is 0 Å². The highest BCUT2D eigenvalue weighted by molar-refractivity contribution is 6.33. The Kier molecular flexibility index (Phi) is 6.19. The van der Waals surface area contributed by atoms with Crippen LogP contribution in [0.4, 0.5) is 5.69 Å². The first-order chi connectivity index (χ1) is 8.60. The molecule has 1 aromatic carbocycles. The van der Waals surface area contributed by atoms with E-state index in [2.05, 4.69) is 11.5 Å². The molecule has 0 saturated heterocycles. The van der Waals surface area contributed by atoms with Gasteiger partial charge in [0, 0.05) is 20.2 Å². The zero-order valence-electron chi connectivity index (χ0n) is 10.9. The van der Waals surface area contributed by atoms with E-state index >= 15 is 0 Å². The molecule has 1 unspecified atom stereocenters. The fraction of sp³-hybridized carbons (Fsp3) is 0.429. The number of ether oxygens (including phenoxy) is 1. The summed E-state index contributed by atoms with van der Waals surface area (Å²) in [6.45, 7) is 7.54. The van der Waals surface area contributed by atoms with E-state index in [0.29, 0.717) is 18.2 Å². The third-order valence-corrected chi connectivity index (χ3v) is 3.01. The molecule has 100 valence electrons. The van der Waals surface area contributed by atoms with E-state index in [9.17, 15) is 5.11 Å². The van der Waals surface area contributed by atoms with Gasteiger partial charge in [0.05, 0.1) is 23.4 Å². The molecule has 0 heterocycles. The fourth-order valence-corrected chi connectivity index (χ4v) is 2.02. The molecule has 1 atom stereocenters. The molecule has 1 N–H and O–H groups in total. The molecule has 1 aromatic rings. The van der Waals surface area contributed by atoms with Crippen molar-refractivity contribution >= 4 is 17.3 Å². The second-order valence-electron chi connectivity index (χ2n) is 4.11. The lowest BCUT2D eigenvalue weighted by Gasteiger charge is -2.24. The van der Waals surface area contributed by atoms with E-state index in [0.717, 1.165) is 17.8 Å². The zero-order chi connectivity index (χ0) is 13.5. The van der Waals surface area contributed by atoms with Gasteiger partial charge in [0.15, 0.2) is 0 Å². The van der Waals surface area contributed by atoms with Gasteiger partial charge in [0.2, 0.25) is 0 Å². The first kappa shape index (κ1) is 15.0. The van der Waals surface area contributed by atoms with Crippen molar-refractivity contribution in [2.75, 3.05) is 31.7 Å². The van der Waals surface area contributed by atoms with E-state index in [1.807, 2.05) is 18.2 Å². The summed E-state index contributed by atoms with van der Waals surface area (Å²) < 4.78 is 5.08. The summed E-state index contributed by atoms with van der Waals surface area (Å²) >= 11 is 6.25. The summed E-state index contributed by atoms with van der Waals surface area (Å²) in [5, 5.41) is 10.1. The summed E-state index contributed by atoms with van der Waals surface area (Å²) in [7, 11) is 1.67. The molecule has 0 fully saturated rings. The Morgan fingerprint density at radius 2 is 2.28 bits per heavy atom. The van der Waals surface area contributed by atoms with Crippen molar-refractivity contribution in [3.63, 3.8) is 0 Å². The minimum atomic E-state index is -0.511. The maximum absolute atomic E-state index is 9.51. The van der Waals surface area contributed by atoms with Crippen molar-refractivity contribution in [2.24, 2.45) is 0 Å². The number of methoxy groups -OCH3 is 1. The molecule has 0 aliphatic rings. The van der Waals surface area contributed by atoms with Crippen LogP contribution in [0, 0.1) is 0 Å². The Hall–Kier alpha value is -1.03. The third kappa shape index (κ3) is 4.02. The smallest absolute Gasteiger partial charge is 0.0762 e. The largest absolute Gasteiger partial charge is 0.389 e.